The third-order valence-corrected chi connectivity index (χ3v) is 4.27. The highest BCUT2D eigenvalue weighted by Crippen LogP contribution is 2.30. The van der Waals surface area contributed by atoms with Gasteiger partial charge in [0.25, 0.3) is 0 Å². The number of rotatable bonds is 6. The number of carbonyl (C=O) groups is 1. The summed E-state index contributed by atoms with van der Waals surface area (Å²) in [5.41, 5.74) is 0.774. The van der Waals surface area contributed by atoms with Crippen LogP contribution in [0.4, 0.5) is 4.39 Å². The van der Waals surface area contributed by atoms with Crippen molar-refractivity contribution in [2.24, 2.45) is 5.41 Å². The van der Waals surface area contributed by atoms with Crippen LogP contribution in [0, 0.1) is 11.2 Å². The van der Waals surface area contributed by atoms with Gasteiger partial charge in [0.15, 0.2) is 5.78 Å². The van der Waals surface area contributed by atoms with E-state index in [9.17, 15) is 9.18 Å². The van der Waals surface area contributed by atoms with Gasteiger partial charge in [-0.2, -0.15) is 0 Å². The summed E-state index contributed by atoms with van der Waals surface area (Å²) < 4.78 is 12.9. The van der Waals surface area contributed by atoms with E-state index in [4.69, 9.17) is 0 Å². The second kappa shape index (κ2) is 7.43. The van der Waals surface area contributed by atoms with Crippen LogP contribution in [-0.4, -0.2) is 18.9 Å². The number of benzene rings is 1. The van der Waals surface area contributed by atoms with Gasteiger partial charge in [-0.25, -0.2) is 4.39 Å². The first-order chi connectivity index (χ1) is 10.6. The van der Waals surface area contributed by atoms with Crippen LogP contribution in [-0.2, 0) is 0 Å². The Morgan fingerprint density at radius 3 is 2.18 bits per heavy atom. The molecule has 22 heavy (non-hydrogen) atoms. The van der Waals surface area contributed by atoms with Crippen molar-refractivity contribution in [3.05, 3.63) is 47.5 Å². The summed E-state index contributed by atoms with van der Waals surface area (Å²) in [5.74, 6) is 0.313. The van der Waals surface area contributed by atoms with Crippen LogP contribution >= 0.6 is 0 Å². The van der Waals surface area contributed by atoms with Gasteiger partial charge < -0.3 is 10.6 Å². The standard InChI is InChI=1S/C18H25FN2O/c1-3-9-18(10-4-2)12-20-17(21-13-18)11-16(22)14-5-7-15(19)8-6-14/h5-8,11,20-21H,3-4,9-10,12-13H2,1-2H3. The van der Waals surface area contributed by atoms with Crippen molar-refractivity contribution in [3.63, 3.8) is 0 Å². The van der Waals surface area contributed by atoms with E-state index in [2.05, 4.69) is 24.5 Å². The monoisotopic (exact) mass is 304 g/mol. The molecule has 0 spiro atoms. The Morgan fingerprint density at radius 1 is 1.14 bits per heavy atom. The molecule has 0 saturated carbocycles. The summed E-state index contributed by atoms with van der Waals surface area (Å²) in [4.78, 5) is 12.2. The van der Waals surface area contributed by atoms with E-state index >= 15 is 0 Å². The van der Waals surface area contributed by atoms with E-state index in [1.54, 1.807) is 6.08 Å². The average molecular weight is 304 g/mol. The fourth-order valence-corrected chi connectivity index (χ4v) is 3.16. The zero-order chi connectivity index (χ0) is 16.0. The van der Waals surface area contributed by atoms with Crippen molar-refractivity contribution in [1.82, 2.24) is 10.6 Å². The molecule has 120 valence electrons. The summed E-state index contributed by atoms with van der Waals surface area (Å²) in [5, 5.41) is 6.69. The largest absolute Gasteiger partial charge is 0.371 e. The van der Waals surface area contributed by atoms with E-state index in [1.807, 2.05) is 0 Å². The number of allylic oxidation sites excluding steroid dienone is 1. The van der Waals surface area contributed by atoms with Gasteiger partial charge in [-0.15, -0.1) is 0 Å². The molecule has 0 aliphatic carbocycles. The lowest BCUT2D eigenvalue weighted by molar-refractivity contribution is 0.104. The Labute approximate surface area is 132 Å². The molecular weight excluding hydrogens is 279 g/mol. The van der Waals surface area contributed by atoms with Crippen molar-refractivity contribution in [2.45, 2.75) is 39.5 Å². The van der Waals surface area contributed by atoms with Crippen LogP contribution in [0.1, 0.15) is 49.9 Å². The molecule has 0 aromatic heterocycles. The normalized spacial score (nSPS) is 16.6. The van der Waals surface area contributed by atoms with Crippen molar-refractivity contribution in [2.75, 3.05) is 13.1 Å². The summed E-state index contributed by atoms with van der Waals surface area (Å²) in [7, 11) is 0. The smallest absolute Gasteiger partial charge is 0.189 e. The zero-order valence-corrected chi connectivity index (χ0v) is 13.4. The summed E-state index contributed by atoms with van der Waals surface area (Å²) >= 11 is 0. The molecule has 4 heteroatoms. The van der Waals surface area contributed by atoms with Crippen LogP contribution in [0.2, 0.25) is 0 Å². The maximum Gasteiger partial charge on any atom is 0.189 e. The van der Waals surface area contributed by atoms with E-state index in [0.717, 1.165) is 31.8 Å². The average Bonchev–Trinajstić information content (AvgIpc) is 2.51. The number of nitrogens with one attached hydrogen (secondary N) is 2. The molecule has 2 N–H and O–H groups in total. The number of carbonyl (C=O) groups excluding carboxylic acids is 1. The van der Waals surface area contributed by atoms with Gasteiger partial charge >= 0.3 is 0 Å². The van der Waals surface area contributed by atoms with Gasteiger partial charge in [-0.1, -0.05) is 26.7 Å². The third kappa shape index (κ3) is 4.09. The number of hydrogen-bond acceptors (Lipinski definition) is 3. The molecule has 0 bridgehead atoms. The van der Waals surface area contributed by atoms with E-state index in [0.29, 0.717) is 5.56 Å². The summed E-state index contributed by atoms with van der Waals surface area (Å²) in [6.07, 6.45) is 6.25. The minimum absolute atomic E-state index is 0.117. The number of hydrogen-bond donors (Lipinski definition) is 2. The molecule has 1 aliphatic heterocycles. The molecule has 2 rings (SSSR count). The van der Waals surface area contributed by atoms with Crippen molar-refractivity contribution < 1.29 is 9.18 Å². The van der Waals surface area contributed by atoms with Crippen molar-refractivity contribution >= 4 is 5.78 Å². The van der Waals surface area contributed by atoms with Crippen LogP contribution in [0.5, 0.6) is 0 Å². The summed E-state index contributed by atoms with van der Waals surface area (Å²) in [6, 6.07) is 5.63. The maximum absolute atomic E-state index is 12.9. The van der Waals surface area contributed by atoms with Crippen LogP contribution < -0.4 is 10.6 Å². The lowest BCUT2D eigenvalue weighted by atomic mass is 9.78. The zero-order valence-electron chi connectivity index (χ0n) is 13.4. The minimum atomic E-state index is -0.331. The lowest BCUT2D eigenvalue weighted by Gasteiger charge is -2.39. The first-order valence-electron chi connectivity index (χ1n) is 8.08. The van der Waals surface area contributed by atoms with Crippen molar-refractivity contribution in [3.8, 4) is 0 Å². The van der Waals surface area contributed by atoms with Gasteiger partial charge in [-0.05, 0) is 37.1 Å². The minimum Gasteiger partial charge on any atom is -0.371 e. The Kier molecular flexibility index (Phi) is 5.58. The molecule has 1 aliphatic rings. The molecule has 0 amide bonds. The molecule has 3 nitrogen and oxygen atoms in total. The van der Waals surface area contributed by atoms with E-state index in [1.165, 1.54) is 37.1 Å². The second-order valence-corrected chi connectivity index (χ2v) is 6.14. The Bertz CT molecular complexity index is 519. The predicted molar refractivity (Wildman–Crippen MR) is 87.1 cm³/mol. The highest BCUT2D eigenvalue weighted by atomic mass is 19.1. The lowest BCUT2D eigenvalue weighted by Crippen LogP contribution is -2.50. The quantitative estimate of drug-likeness (QED) is 0.623. The third-order valence-electron chi connectivity index (χ3n) is 4.27. The molecule has 1 fully saturated rings. The molecule has 1 heterocycles. The molecule has 1 saturated heterocycles. The number of halogens is 1. The van der Waals surface area contributed by atoms with Crippen LogP contribution in [0.15, 0.2) is 36.2 Å². The predicted octanol–water partition coefficient (Wildman–Crippen LogP) is 3.63. The highest BCUT2D eigenvalue weighted by Gasteiger charge is 2.31. The Hall–Kier alpha value is -1.84. The second-order valence-electron chi connectivity index (χ2n) is 6.14. The van der Waals surface area contributed by atoms with E-state index in [-0.39, 0.29) is 17.0 Å². The summed E-state index contributed by atoms with van der Waals surface area (Å²) in [6.45, 7) is 6.20. The fourth-order valence-electron chi connectivity index (χ4n) is 3.16. The number of ketones is 1. The Morgan fingerprint density at radius 2 is 1.68 bits per heavy atom. The molecular formula is C18H25FN2O. The molecule has 0 radical (unpaired) electrons. The van der Waals surface area contributed by atoms with Crippen molar-refractivity contribution in [1.29, 1.82) is 0 Å². The van der Waals surface area contributed by atoms with Crippen LogP contribution in [0.25, 0.3) is 0 Å². The van der Waals surface area contributed by atoms with Crippen LogP contribution in [0.3, 0.4) is 0 Å². The fraction of sp³-hybridized carbons (Fsp3) is 0.500. The molecule has 0 unspecified atom stereocenters. The SMILES string of the molecule is CCCC1(CCC)CNC(=CC(=O)c2ccc(F)cc2)NC1. The van der Waals surface area contributed by atoms with Gasteiger partial charge in [0, 0.05) is 30.1 Å². The van der Waals surface area contributed by atoms with Gasteiger partial charge in [-0.3, -0.25) is 4.79 Å². The topological polar surface area (TPSA) is 41.1 Å². The first kappa shape index (κ1) is 16.5. The Balaban J connectivity index is 2.00. The molecule has 0 atom stereocenters. The van der Waals surface area contributed by atoms with Gasteiger partial charge in [0.05, 0.1) is 0 Å². The molecule has 1 aromatic carbocycles. The first-order valence-corrected chi connectivity index (χ1v) is 8.08. The van der Waals surface area contributed by atoms with E-state index < -0.39 is 0 Å². The van der Waals surface area contributed by atoms with Gasteiger partial charge in [0.2, 0.25) is 0 Å². The maximum atomic E-state index is 12.9. The highest BCUT2D eigenvalue weighted by molar-refractivity contribution is 6.04. The molecule has 1 aromatic rings. The van der Waals surface area contributed by atoms with Gasteiger partial charge in [0.1, 0.15) is 11.6 Å².